The van der Waals surface area contributed by atoms with Crippen LogP contribution in [0.4, 0.5) is 0 Å². The second-order valence-corrected chi connectivity index (χ2v) is 2.65. The molecule has 0 unspecified atom stereocenters. The molecular weight excluding hydrogens is 144 g/mol. The molecule has 0 saturated carbocycles. The van der Waals surface area contributed by atoms with Gasteiger partial charge < -0.3 is 0 Å². The van der Waals surface area contributed by atoms with Gasteiger partial charge in [-0.05, 0) is 22.4 Å². The Morgan fingerprint density at radius 1 is 1.17 bits per heavy atom. The fourth-order valence-electron chi connectivity index (χ4n) is 1.32. The molecule has 0 heterocycles. The zero-order valence-corrected chi connectivity index (χ0v) is 6.62. The van der Waals surface area contributed by atoms with Crippen LogP contribution in [0.15, 0.2) is 36.4 Å². The molecule has 0 amide bonds. The summed E-state index contributed by atoms with van der Waals surface area (Å²) in [6.07, 6.45) is 1.59. The Labute approximate surface area is 72.2 Å². The molecule has 0 spiro atoms. The van der Waals surface area contributed by atoms with E-state index in [2.05, 4.69) is 12.1 Å². The monoisotopic (exact) mass is 152 g/mol. The van der Waals surface area contributed by atoms with E-state index in [-0.39, 0.29) is 0 Å². The van der Waals surface area contributed by atoms with Crippen LogP contribution in [0.3, 0.4) is 0 Å². The lowest BCUT2D eigenvalue weighted by Crippen LogP contribution is -1.76. The number of hydrogen-bond acceptors (Lipinski definition) is 0. The normalized spacial score (nSPS) is 10.0. The maximum atomic E-state index is 5.46. The van der Waals surface area contributed by atoms with E-state index in [0.717, 1.165) is 10.9 Å². The molecule has 56 valence electrons. The average molecular weight is 152 g/mol. The molecule has 0 nitrogen and oxygen atoms in total. The first-order valence-electron chi connectivity index (χ1n) is 3.86. The Bertz CT molecular complexity index is 408. The van der Waals surface area contributed by atoms with Crippen molar-refractivity contribution in [3.63, 3.8) is 0 Å². The number of hydrogen-bond donors (Lipinski definition) is 0. The van der Waals surface area contributed by atoms with Gasteiger partial charge in [0, 0.05) is 0 Å². The van der Waals surface area contributed by atoms with Gasteiger partial charge in [-0.25, -0.2) is 0 Å². The summed E-state index contributed by atoms with van der Waals surface area (Å²) in [5.74, 6) is 0. The molecule has 0 aliphatic heterocycles. The van der Waals surface area contributed by atoms with Crippen LogP contribution in [-0.2, 0) is 0 Å². The quantitative estimate of drug-likeness (QED) is 0.589. The summed E-state index contributed by atoms with van der Waals surface area (Å²) in [5.41, 5.74) is 0.966. The SMILES string of the molecule is [CH]=Cc1[c]ccc2ccccc12. The van der Waals surface area contributed by atoms with E-state index in [0.29, 0.717) is 0 Å². The molecule has 2 aromatic rings. The summed E-state index contributed by atoms with van der Waals surface area (Å²) in [7, 11) is 0. The first-order valence-corrected chi connectivity index (χ1v) is 3.86. The van der Waals surface area contributed by atoms with Crippen molar-refractivity contribution in [3.8, 4) is 0 Å². The molecule has 2 radical (unpaired) electrons. The second kappa shape index (κ2) is 2.82. The molecule has 2 aromatic carbocycles. The highest BCUT2D eigenvalue weighted by atomic mass is 14.0. The predicted octanol–water partition coefficient (Wildman–Crippen LogP) is 3.09. The lowest BCUT2D eigenvalue weighted by molar-refractivity contribution is 1.70. The van der Waals surface area contributed by atoms with Crippen molar-refractivity contribution in [3.05, 3.63) is 54.6 Å². The van der Waals surface area contributed by atoms with Crippen molar-refractivity contribution in [2.45, 2.75) is 0 Å². The zero-order valence-electron chi connectivity index (χ0n) is 6.62. The van der Waals surface area contributed by atoms with Crippen LogP contribution < -0.4 is 0 Å². The lowest BCUT2D eigenvalue weighted by atomic mass is 10.1. The van der Waals surface area contributed by atoms with Gasteiger partial charge in [0.25, 0.3) is 0 Å². The molecule has 0 bridgehead atoms. The Morgan fingerprint density at radius 2 is 2.00 bits per heavy atom. The Kier molecular flexibility index (Phi) is 1.67. The Morgan fingerprint density at radius 3 is 2.83 bits per heavy atom. The average Bonchev–Trinajstić information content (AvgIpc) is 2.17. The molecule has 0 atom stereocenters. The number of fused-ring (bicyclic) bond motifs is 1. The lowest BCUT2D eigenvalue weighted by Gasteiger charge is -1.99. The molecule has 0 N–H and O–H groups in total. The summed E-state index contributed by atoms with van der Waals surface area (Å²) in [5, 5.41) is 2.36. The van der Waals surface area contributed by atoms with Crippen molar-refractivity contribution >= 4 is 16.8 Å². The minimum absolute atomic E-state index is 0.966. The highest BCUT2D eigenvalue weighted by Gasteiger charge is 1.94. The van der Waals surface area contributed by atoms with Gasteiger partial charge in [-0.3, -0.25) is 0 Å². The van der Waals surface area contributed by atoms with Gasteiger partial charge in [0.05, 0.1) is 0 Å². The van der Waals surface area contributed by atoms with Crippen molar-refractivity contribution in [2.75, 3.05) is 0 Å². The van der Waals surface area contributed by atoms with E-state index in [4.69, 9.17) is 6.58 Å². The third-order valence-corrected chi connectivity index (χ3v) is 1.92. The highest BCUT2D eigenvalue weighted by Crippen LogP contribution is 2.18. The standard InChI is InChI=1S/C12H8/c1-2-10-7-5-8-11-6-3-4-9-12(10)11/h1-6,8-9H. The fourth-order valence-corrected chi connectivity index (χ4v) is 1.32. The van der Waals surface area contributed by atoms with Crippen molar-refractivity contribution in [1.29, 1.82) is 0 Å². The van der Waals surface area contributed by atoms with Gasteiger partial charge in [-0.2, -0.15) is 0 Å². The second-order valence-electron chi connectivity index (χ2n) is 2.65. The minimum atomic E-state index is 0.966. The first kappa shape index (κ1) is 7.11. The van der Waals surface area contributed by atoms with Crippen molar-refractivity contribution in [2.24, 2.45) is 0 Å². The predicted molar refractivity (Wildman–Crippen MR) is 51.5 cm³/mol. The Hall–Kier alpha value is -1.56. The van der Waals surface area contributed by atoms with E-state index >= 15 is 0 Å². The molecule has 0 aromatic heterocycles. The summed E-state index contributed by atoms with van der Waals surface area (Å²) < 4.78 is 0. The topological polar surface area (TPSA) is 0 Å². The fraction of sp³-hybridized carbons (Fsp3) is 0. The van der Waals surface area contributed by atoms with Crippen LogP contribution in [-0.4, -0.2) is 0 Å². The van der Waals surface area contributed by atoms with Crippen LogP contribution in [0.5, 0.6) is 0 Å². The maximum Gasteiger partial charge on any atom is -0.00987 e. The molecule has 2 rings (SSSR count). The summed E-state index contributed by atoms with van der Waals surface area (Å²) in [6, 6.07) is 15.1. The smallest absolute Gasteiger partial charge is 0.00987 e. The maximum absolute atomic E-state index is 5.46. The molecule has 0 heteroatoms. The van der Waals surface area contributed by atoms with Gasteiger partial charge in [-0.1, -0.05) is 49.1 Å². The largest absolute Gasteiger partial charge is 0.0616 e. The van der Waals surface area contributed by atoms with Crippen LogP contribution in [0, 0.1) is 12.6 Å². The molecular formula is C12H8. The van der Waals surface area contributed by atoms with Gasteiger partial charge >= 0.3 is 0 Å². The number of rotatable bonds is 1. The van der Waals surface area contributed by atoms with Crippen LogP contribution in [0.1, 0.15) is 5.56 Å². The summed E-state index contributed by atoms with van der Waals surface area (Å²) in [6.45, 7) is 5.46. The van der Waals surface area contributed by atoms with Gasteiger partial charge in [-0.15, -0.1) is 0 Å². The zero-order chi connectivity index (χ0) is 8.39. The van der Waals surface area contributed by atoms with E-state index in [1.807, 2.05) is 30.3 Å². The Balaban J connectivity index is 2.88. The van der Waals surface area contributed by atoms with E-state index in [1.54, 1.807) is 6.08 Å². The third kappa shape index (κ3) is 1.02. The molecule has 0 saturated heterocycles. The summed E-state index contributed by atoms with van der Waals surface area (Å²) in [4.78, 5) is 0. The van der Waals surface area contributed by atoms with Crippen LogP contribution in [0.2, 0.25) is 0 Å². The van der Waals surface area contributed by atoms with Crippen LogP contribution >= 0.6 is 0 Å². The van der Waals surface area contributed by atoms with Gasteiger partial charge in [0.2, 0.25) is 0 Å². The minimum Gasteiger partial charge on any atom is -0.0616 e. The van der Waals surface area contributed by atoms with E-state index in [9.17, 15) is 0 Å². The third-order valence-electron chi connectivity index (χ3n) is 1.92. The number of benzene rings is 2. The van der Waals surface area contributed by atoms with E-state index in [1.165, 1.54) is 5.39 Å². The van der Waals surface area contributed by atoms with Crippen molar-refractivity contribution < 1.29 is 0 Å². The van der Waals surface area contributed by atoms with Crippen LogP contribution in [0.25, 0.3) is 16.8 Å². The molecule has 12 heavy (non-hydrogen) atoms. The molecule has 0 aliphatic carbocycles. The first-order chi connectivity index (χ1) is 5.92. The van der Waals surface area contributed by atoms with Crippen molar-refractivity contribution in [1.82, 2.24) is 0 Å². The summed E-state index contributed by atoms with van der Waals surface area (Å²) >= 11 is 0. The molecule has 0 fully saturated rings. The van der Waals surface area contributed by atoms with Gasteiger partial charge in [0.1, 0.15) is 0 Å². The molecule has 0 aliphatic rings. The van der Waals surface area contributed by atoms with E-state index < -0.39 is 0 Å². The van der Waals surface area contributed by atoms with Gasteiger partial charge in [0.15, 0.2) is 0 Å². The highest BCUT2D eigenvalue weighted by molar-refractivity contribution is 5.89.